The van der Waals surface area contributed by atoms with Gasteiger partial charge in [0.2, 0.25) is 15.9 Å². The molecule has 8 heteroatoms. The highest BCUT2D eigenvalue weighted by atomic mass is 32.2. The van der Waals surface area contributed by atoms with E-state index in [1.54, 1.807) is 18.2 Å². The number of carbonyl (C=O) groups is 1. The normalized spacial score (nSPS) is 15.0. The summed E-state index contributed by atoms with van der Waals surface area (Å²) in [5, 5.41) is 5.54. The number of nitrogens with zero attached hydrogens (tertiary/aromatic N) is 1. The summed E-state index contributed by atoms with van der Waals surface area (Å²) in [4.78, 5) is 12.2. The van der Waals surface area contributed by atoms with Gasteiger partial charge in [-0.25, -0.2) is 12.8 Å². The van der Waals surface area contributed by atoms with E-state index in [1.807, 2.05) is 0 Å². The van der Waals surface area contributed by atoms with Crippen LogP contribution in [0, 0.1) is 5.82 Å². The lowest BCUT2D eigenvalue weighted by atomic mass is 10.3. The lowest BCUT2D eigenvalue weighted by Crippen LogP contribution is -2.28. The van der Waals surface area contributed by atoms with Gasteiger partial charge in [0.25, 0.3) is 0 Å². The van der Waals surface area contributed by atoms with Gasteiger partial charge in [-0.1, -0.05) is 6.07 Å². The van der Waals surface area contributed by atoms with Crippen molar-refractivity contribution in [3.05, 3.63) is 54.3 Å². The fourth-order valence-electron chi connectivity index (χ4n) is 2.76. The Morgan fingerprint density at radius 3 is 2.42 bits per heavy atom. The molecule has 0 radical (unpaired) electrons. The van der Waals surface area contributed by atoms with E-state index in [0.29, 0.717) is 24.5 Å². The molecule has 0 unspecified atom stereocenters. The molecule has 1 saturated heterocycles. The Morgan fingerprint density at radius 2 is 1.73 bits per heavy atom. The van der Waals surface area contributed by atoms with Crippen LogP contribution in [0.2, 0.25) is 0 Å². The summed E-state index contributed by atoms with van der Waals surface area (Å²) in [5.41, 5.74) is 1.03. The zero-order chi connectivity index (χ0) is 18.6. The predicted molar refractivity (Wildman–Crippen MR) is 98.0 cm³/mol. The number of amides is 1. The van der Waals surface area contributed by atoms with Crippen molar-refractivity contribution >= 4 is 27.3 Å². The average Bonchev–Trinajstić information content (AvgIpc) is 3.18. The summed E-state index contributed by atoms with van der Waals surface area (Å²) >= 11 is 0. The average molecular weight is 377 g/mol. The summed E-state index contributed by atoms with van der Waals surface area (Å²) in [6, 6.07) is 11.9. The van der Waals surface area contributed by atoms with Crippen molar-refractivity contribution in [2.45, 2.75) is 17.7 Å². The molecule has 1 aliphatic heterocycles. The highest BCUT2D eigenvalue weighted by Crippen LogP contribution is 2.23. The van der Waals surface area contributed by atoms with Gasteiger partial charge in [0.1, 0.15) is 5.82 Å². The van der Waals surface area contributed by atoms with Crippen LogP contribution in [0.25, 0.3) is 0 Å². The molecule has 1 amide bonds. The number of hydrogen-bond donors (Lipinski definition) is 2. The number of anilines is 2. The van der Waals surface area contributed by atoms with Gasteiger partial charge in [-0.05, 0) is 55.3 Å². The van der Waals surface area contributed by atoms with Crippen LogP contribution in [0.5, 0.6) is 0 Å². The molecule has 0 saturated carbocycles. The molecule has 2 aromatic rings. The molecule has 0 atom stereocenters. The third-order valence-electron chi connectivity index (χ3n) is 4.12. The zero-order valence-corrected chi connectivity index (χ0v) is 14.9. The van der Waals surface area contributed by atoms with Gasteiger partial charge >= 0.3 is 0 Å². The van der Waals surface area contributed by atoms with Crippen LogP contribution in [-0.4, -0.2) is 38.3 Å². The number of hydrogen-bond acceptors (Lipinski definition) is 4. The second kappa shape index (κ2) is 7.84. The monoisotopic (exact) mass is 377 g/mol. The molecular formula is C18H20FN3O3S. The van der Waals surface area contributed by atoms with Gasteiger partial charge in [-0.15, -0.1) is 0 Å². The number of carbonyl (C=O) groups excluding carboxylic acids is 1. The number of rotatable bonds is 6. The van der Waals surface area contributed by atoms with Crippen LogP contribution in [0.15, 0.2) is 53.4 Å². The minimum absolute atomic E-state index is 0.0371. The Kier molecular flexibility index (Phi) is 5.53. The molecule has 0 spiro atoms. The number of halogens is 1. The van der Waals surface area contributed by atoms with Crippen LogP contribution in [0.4, 0.5) is 15.8 Å². The van der Waals surface area contributed by atoms with Crippen LogP contribution in [0.1, 0.15) is 12.8 Å². The molecule has 0 aliphatic carbocycles. The summed E-state index contributed by atoms with van der Waals surface area (Å²) in [5.74, 6) is -0.693. The summed E-state index contributed by atoms with van der Waals surface area (Å²) in [7, 11) is -3.50. The van der Waals surface area contributed by atoms with E-state index in [4.69, 9.17) is 0 Å². The fraction of sp³-hybridized carbons (Fsp3) is 0.278. The molecule has 2 aromatic carbocycles. The number of benzene rings is 2. The Hall–Kier alpha value is -2.45. The Morgan fingerprint density at radius 1 is 1.04 bits per heavy atom. The maximum atomic E-state index is 12.9. The third-order valence-corrected chi connectivity index (χ3v) is 6.01. The largest absolute Gasteiger partial charge is 0.376 e. The van der Waals surface area contributed by atoms with Gasteiger partial charge in [0, 0.05) is 24.5 Å². The van der Waals surface area contributed by atoms with E-state index >= 15 is 0 Å². The van der Waals surface area contributed by atoms with Crippen molar-refractivity contribution in [3.63, 3.8) is 0 Å². The molecule has 0 bridgehead atoms. The molecule has 2 N–H and O–H groups in total. The van der Waals surface area contributed by atoms with Crippen molar-refractivity contribution in [2.75, 3.05) is 30.3 Å². The summed E-state index contributed by atoms with van der Waals surface area (Å²) < 4.78 is 39.5. The molecule has 1 fully saturated rings. The first-order valence-electron chi connectivity index (χ1n) is 8.35. The summed E-state index contributed by atoms with van der Waals surface area (Å²) in [6.07, 6.45) is 1.75. The SMILES string of the molecule is O=C(CNc1cccc(S(=O)(=O)N2CCCC2)c1)Nc1ccc(F)cc1. The maximum Gasteiger partial charge on any atom is 0.243 e. The lowest BCUT2D eigenvalue weighted by molar-refractivity contribution is -0.114. The first-order valence-corrected chi connectivity index (χ1v) is 9.79. The van der Waals surface area contributed by atoms with E-state index < -0.39 is 10.0 Å². The van der Waals surface area contributed by atoms with Crippen LogP contribution < -0.4 is 10.6 Å². The smallest absolute Gasteiger partial charge is 0.243 e. The van der Waals surface area contributed by atoms with Gasteiger partial charge < -0.3 is 10.6 Å². The molecule has 6 nitrogen and oxygen atoms in total. The van der Waals surface area contributed by atoms with Crippen molar-refractivity contribution in [2.24, 2.45) is 0 Å². The zero-order valence-electron chi connectivity index (χ0n) is 14.1. The quantitative estimate of drug-likeness (QED) is 0.811. The first kappa shape index (κ1) is 18.3. The topological polar surface area (TPSA) is 78.5 Å². The van der Waals surface area contributed by atoms with E-state index in [0.717, 1.165) is 12.8 Å². The van der Waals surface area contributed by atoms with Gasteiger partial charge in [-0.2, -0.15) is 4.31 Å². The Balaban J connectivity index is 1.61. The molecule has 3 rings (SSSR count). The standard InChI is InChI=1S/C18H20FN3O3S/c19-14-6-8-15(9-7-14)21-18(23)13-20-16-4-3-5-17(12-16)26(24,25)22-10-1-2-11-22/h3-9,12,20H,1-2,10-11,13H2,(H,21,23). The highest BCUT2D eigenvalue weighted by Gasteiger charge is 2.27. The molecule has 1 aliphatic rings. The lowest BCUT2D eigenvalue weighted by Gasteiger charge is -2.16. The van der Waals surface area contributed by atoms with E-state index in [1.165, 1.54) is 34.6 Å². The minimum atomic E-state index is -3.50. The Labute approximate surface area is 152 Å². The van der Waals surface area contributed by atoms with Gasteiger partial charge in [-0.3, -0.25) is 4.79 Å². The van der Waals surface area contributed by atoms with Crippen LogP contribution in [0.3, 0.4) is 0 Å². The number of nitrogens with one attached hydrogen (secondary N) is 2. The minimum Gasteiger partial charge on any atom is -0.376 e. The number of sulfonamides is 1. The van der Waals surface area contributed by atoms with Crippen molar-refractivity contribution < 1.29 is 17.6 Å². The van der Waals surface area contributed by atoms with E-state index in [2.05, 4.69) is 10.6 Å². The van der Waals surface area contributed by atoms with Crippen molar-refractivity contribution in [1.82, 2.24) is 4.31 Å². The molecule has 1 heterocycles. The molecule has 26 heavy (non-hydrogen) atoms. The van der Waals surface area contributed by atoms with Gasteiger partial charge in [0.05, 0.1) is 11.4 Å². The van der Waals surface area contributed by atoms with Crippen molar-refractivity contribution in [1.29, 1.82) is 0 Å². The first-order chi connectivity index (χ1) is 12.4. The summed E-state index contributed by atoms with van der Waals surface area (Å²) in [6.45, 7) is 1.05. The molecule has 138 valence electrons. The van der Waals surface area contributed by atoms with Crippen molar-refractivity contribution in [3.8, 4) is 0 Å². The predicted octanol–water partition coefficient (Wildman–Crippen LogP) is 2.66. The van der Waals surface area contributed by atoms with E-state index in [9.17, 15) is 17.6 Å². The Bertz CT molecular complexity index is 879. The van der Waals surface area contributed by atoms with Crippen LogP contribution >= 0.6 is 0 Å². The molecular weight excluding hydrogens is 357 g/mol. The van der Waals surface area contributed by atoms with Gasteiger partial charge in [0.15, 0.2) is 0 Å². The second-order valence-corrected chi connectivity index (χ2v) is 7.99. The second-order valence-electron chi connectivity index (χ2n) is 6.05. The maximum absolute atomic E-state index is 12.9. The fourth-order valence-corrected chi connectivity index (χ4v) is 4.33. The highest BCUT2D eigenvalue weighted by molar-refractivity contribution is 7.89. The third kappa shape index (κ3) is 4.39. The van der Waals surface area contributed by atoms with E-state index in [-0.39, 0.29) is 23.2 Å². The van der Waals surface area contributed by atoms with Crippen LogP contribution in [-0.2, 0) is 14.8 Å². The molecule has 0 aromatic heterocycles.